The van der Waals surface area contributed by atoms with Crippen molar-refractivity contribution in [1.82, 2.24) is 10.2 Å². The summed E-state index contributed by atoms with van der Waals surface area (Å²) in [6, 6.07) is 9.42. The van der Waals surface area contributed by atoms with Gasteiger partial charge in [-0.05, 0) is 12.0 Å². The number of nitrogens with one attached hydrogen (secondary N) is 1. The second-order valence-corrected chi connectivity index (χ2v) is 5.70. The fraction of sp³-hybridized carbons (Fsp3) is 0.500. The molecule has 1 N–H and O–H groups in total. The smallest absolute Gasteiger partial charge is 0.243 e. The van der Waals surface area contributed by atoms with Gasteiger partial charge in [0.05, 0.1) is 13.2 Å². The summed E-state index contributed by atoms with van der Waals surface area (Å²) in [6.07, 6.45) is 1.52. The van der Waals surface area contributed by atoms with Gasteiger partial charge in [0.1, 0.15) is 6.04 Å². The van der Waals surface area contributed by atoms with Crippen molar-refractivity contribution in [3.05, 3.63) is 35.9 Å². The third-order valence-electron chi connectivity index (χ3n) is 4.16. The van der Waals surface area contributed by atoms with Gasteiger partial charge >= 0.3 is 0 Å². The highest BCUT2D eigenvalue weighted by molar-refractivity contribution is 5.95. The summed E-state index contributed by atoms with van der Waals surface area (Å²) in [5.41, 5.74) is 1.07. The zero-order valence-electron chi connectivity index (χ0n) is 12.0. The number of amides is 2. The number of carbonyl (C=O) groups excluding carboxylic acids is 2. The summed E-state index contributed by atoms with van der Waals surface area (Å²) in [7, 11) is 0. The summed E-state index contributed by atoms with van der Waals surface area (Å²) in [6.45, 7) is 2.16. The minimum Gasteiger partial charge on any atom is -0.381 e. The summed E-state index contributed by atoms with van der Waals surface area (Å²) < 4.78 is 5.38. The Hall–Kier alpha value is -1.88. The molecule has 2 amide bonds. The predicted molar refractivity (Wildman–Crippen MR) is 77.6 cm³/mol. The molecule has 2 fully saturated rings. The first-order valence-corrected chi connectivity index (χ1v) is 7.43. The number of nitrogens with zero attached hydrogens (tertiary/aromatic N) is 1. The van der Waals surface area contributed by atoms with Crippen LogP contribution < -0.4 is 5.32 Å². The van der Waals surface area contributed by atoms with Crippen molar-refractivity contribution in [3.8, 4) is 0 Å². The lowest BCUT2D eigenvalue weighted by Gasteiger charge is -2.36. The van der Waals surface area contributed by atoms with Crippen LogP contribution in [-0.2, 0) is 20.7 Å². The molecule has 0 bridgehead atoms. The highest BCUT2D eigenvalue weighted by atomic mass is 16.5. The van der Waals surface area contributed by atoms with Gasteiger partial charge in [0.15, 0.2) is 0 Å². The maximum Gasteiger partial charge on any atom is 0.243 e. The molecule has 2 atom stereocenters. The van der Waals surface area contributed by atoms with E-state index in [1.165, 1.54) is 0 Å². The van der Waals surface area contributed by atoms with Crippen LogP contribution in [0.3, 0.4) is 0 Å². The minimum atomic E-state index is -0.408. The van der Waals surface area contributed by atoms with E-state index >= 15 is 0 Å². The van der Waals surface area contributed by atoms with Crippen molar-refractivity contribution in [1.29, 1.82) is 0 Å². The van der Waals surface area contributed by atoms with Crippen LogP contribution in [-0.4, -0.2) is 49.1 Å². The van der Waals surface area contributed by atoms with Crippen LogP contribution in [0.25, 0.3) is 0 Å². The maximum absolute atomic E-state index is 12.2. The van der Waals surface area contributed by atoms with E-state index in [0.717, 1.165) is 18.6 Å². The lowest BCUT2D eigenvalue weighted by molar-refractivity contribution is -0.146. The fourth-order valence-electron chi connectivity index (χ4n) is 2.97. The Balaban J connectivity index is 1.75. The lowest BCUT2D eigenvalue weighted by Crippen LogP contribution is -2.60. The van der Waals surface area contributed by atoms with Gasteiger partial charge in [-0.1, -0.05) is 30.3 Å². The molecule has 2 unspecified atom stereocenters. The average molecular weight is 288 g/mol. The van der Waals surface area contributed by atoms with Crippen molar-refractivity contribution in [2.75, 3.05) is 26.3 Å². The van der Waals surface area contributed by atoms with Crippen molar-refractivity contribution in [2.45, 2.75) is 18.9 Å². The van der Waals surface area contributed by atoms with Crippen LogP contribution in [0.5, 0.6) is 0 Å². The molecule has 2 heterocycles. The van der Waals surface area contributed by atoms with Gasteiger partial charge in [-0.2, -0.15) is 0 Å². The van der Waals surface area contributed by atoms with Crippen LogP contribution in [0.4, 0.5) is 0 Å². The summed E-state index contributed by atoms with van der Waals surface area (Å²) in [5.74, 6) is 0.290. The van der Waals surface area contributed by atoms with Crippen molar-refractivity contribution < 1.29 is 14.3 Å². The Morgan fingerprint density at radius 2 is 2.05 bits per heavy atom. The van der Waals surface area contributed by atoms with Crippen molar-refractivity contribution in [3.63, 3.8) is 0 Å². The molecule has 112 valence electrons. The Morgan fingerprint density at radius 3 is 2.76 bits per heavy atom. The van der Waals surface area contributed by atoms with Gasteiger partial charge < -0.3 is 15.0 Å². The van der Waals surface area contributed by atoms with Gasteiger partial charge in [0.2, 0.25) is 11.8 Å². The molecule has 2 aliphatic heterocycles. The van der Waals surface area contributed by atoms with Gasteiger partial charge in [-0.25, -0.2) is 0 Å². The van der Waals surface area contributed by atoms with Crippen LogP contribution in [0, 0.1) is 5.92 Å². The number of rotatable bonds is 4. The minimum absolute atomic E-state index is 0.00225. The molecule has 5 heteroatoms. The zero-order valence-corrected chi connectivity index (χ0v) is 12.0. The van der Waals surface area contributed by atoms with E-state index in [4.69, 9.17) is 4.74 Å². The molecule has 1 aromatic carbocycles. The number of benzene rings is 1. The number of hydrogen-bond donors (Lipinski definition) is 1. The SMILES string of the molecule is O=C1NCC(=O)N(CC2CCOC2)C1Cc1ccccc1. The number of carbonyl (C=O) groups is 2. The van der Waals surface area contributed by atoms with E-state index in [2.05, 4.69) is 5.32 Å². The number of piperazine rings is 1. The summed E-state index contributed by atoms with van der Waals surface area (Å²) in [5, 5.41) is 2.70. The normalized spacial score (nSPS) is 26.0. The highest BCUT2D eigenvalue weighted by Crippen LogP contribution is 2.19. The molecule has 0 aliphatic carbocycles. The first kappa shape index (κ1) is 14.1. The summed E-state index contributed by atoms with van der Waals surface area (Å²) in [4.78, 5) is 26.1. The van der Waals surface area contributed by atoms with Gasteiger partial charge in [0, 0.05) is 25.5 Å². The quantitative estimate of drug-likeness (QED) is 0.882. The maximum atomic E-state index is 12.2. The first-order chi connectivity index (χ1) is 10.2. The zero-order chi connectivity index (χ0) is 14.7. The number of ether oxygens (including phenoxy) is 1. The molecule has 2 saturated heterocycles. The van der Waals surface area contributed by atoms with E-state index in [1.807, 2.05) is 30.3 Å². The molecule has 3 rings (SSSR count). The first-order valence-electron chi connectivity index (χ1n) is 7.43. The molecular weight excluding hydrogens is 268 g/mol. The lowest BCUT2D eigenvalue weighted by atomic mass is 9.99. The Kier molecular flexibility index (Phi) is 4.20. The molecular formula is C16H20N2O3. The second-order valence-electron chi connectivity index (χ2n) is 5.70. The van der Waals surface area contributed by atoms with Crippen LogP contribution >= 0.6 is 0 Å². The largest absolute Gasteiger partial charge is 0.381 e. The molecule has 21 heavy (non-hydrogen) atoms. The third-order valence-corrected chi connectivity index (χ3v) is 4.16. The number of hydrogen-bond acceptors (Lipinski definition) is 3. The monoisotopic (exact) mass is 288 g/mol. The predicted octanol–water partition coefficient (Wildman–Crippen LogP) is 0.593. The van der Waals surface area contributed by atoms with Crippen molar-refractivity contribution in [2.24, 2.45) is 5.92 Å². The Labute approximate surface area is 124 Å². The van der Waals surface area contributed by atoms with Crippen LogP contribution in [0.2, 0.25) is 0 Å². The highest BCUT2D eigenvalue weighted by Gasteiger charge is 2.36. The average Bonchev–Trinajstić information content (AvgIpc) is 3.01. The fourth-order valence-corrected chi connectivity index (χ4v) is 2.97. The topological polar surface area (TPSA) is 58.6 Å². The molecule has 0 saturated carbocycles. The third kappa shape index (κ3) is 3.24. The Bertz CT molecular complexity index is 512. The van der Waals surface area contributed by atoms with Gasteiger partial charge in [-0.3, -0.25) is 9.59 Å². The van der Waals surface area contributed by atoms with E-state index in [1.54, 1.807) is 4.90 Å². The van der Waals surface area contributed by atoms with E-state index in [0.29, 0.717) is 25.5 Å². The van der Waals surface area contributed by atoms with E-state index in [9.17, 15) is 9.59 Å². The molecule has 0 spiro atoms. The van der Waals surface area contributed by atoms with Crippen molar-refractivity contribution >= 4 is 11.8 Å². The van der Waals surface area contributed by atoms with E-state index < -0.39 is 6.04 Å². The van der Waals surface area contributed by atoms with Crippen LogP contribution in [0.1, 0.15) is 12.0 Å². The van der Waals surface area contributed by atoms with Gasteiger partial charge in [0.25, 0.3) is 0 Å². The standard InChI is InChI=1S/C16H20N2O3/c19-15-9-17-16(20)14(8-12-4-2-1-3-5-12)18(15)10-13-6-7-21-11-13/h1-5,13-14H,6-11H2,(H,17,20). The second kappa shape index (κ2) is 6.26. The molecule has 2 aliphatic rings. The van der Waals surface area contributed by atoms with E-state index in [-0.39, 0.29) is 18.4 Å². The van der Waals surface area contributed by atoms with Crippen LogP contribution in [0.15, 0.2) is 30.3 Å². The molecule has 1 aromatic rings. The Morgan fingerprint density at radius 1 is 1.24 bits per heavy atom. The molecule has 5 nitrogen and oxygen atoms in total. The van der Waals surface area contributed by atoms with Gasteiger partial charge in [-0.15, -0.1) is 0 Å². The molecule has 0 aromatic heterocycles. The summed E-state index contributed by atoms with van der Waals surface area (Å²) >= 11 is 0. The molecule has 0 radical (unpaired) electrons.